The summed E-state index contributed by atoms with van der Waals surface area (Å²) in [7, 11) is 1.63. The molecule has 0 spiro atoms. The predicted octanol–water partition coefficient (Wildman–Crippen LogP) is 0.875. The summed E-state index contributed by atoms with van der Waals surface area (Å²) < 4.78 is 17.1. The Labute approximate surface area is 305 Å². The van der Waals surface area contributed by atoms with Crippen LogP contribution in [0.4, 0.5) is 0 Å². The molecule has 6 rings (SSSR count). The van der Waals surface area contributed by atoms with Crippen LogP contribution in [0.25, 0.3) is 11.0 Å². The summed E-state index contributed by atoms with van der Waals surface area (Å²) >= 11 is 2.43. The quantitative estimate of drug-likeness (QED) is 0.0714. The number of aryl methyl sites for hydroxylation is 1. The highest BCUT2D eigenvalue weighted by Gasteiger charge is 2.54. The van der Waals surface area contributed by atoms with Crippen molar-refractivity contribution in [2.24, 2.45) is 7.05 Å². The lowest BCUT2D eigenvalue weighted by Gasteiger charge is -2.49. The van der Waals surface area contributed by atoms with Gasteiger partial charge in [-0.3, -0.25) is 33.7 Å². The number of β-lactam (4-membered cyclic amide) rings is 1. The lowest BCUT2D eigenvalue weighted by molar-refractivity contribution is -0.151. The number of nitrogens with zero attached hydrogens (tertiary/aromatic N) is 5. The molecule has 2 aromatic heterocycles. The number of esters is 2. The Hall–Kier alpha value is -6.22. The fourth-order valence-corrected chi connectivity index (χ4v) is 7.80. The number of aromatic hydroxyl groups is 1. The highest BCUT2D eigenvalue weighted by molar-refractivity contribution is 8.01. The number of carbonyl (C=O) groups is 6. The third-order valence-corrected chi connectivity index (χ3v) is 10.3. The Kier molecular flexibility index (Phi) is 10.2. The number of carboxylic acids is 1. The summed E-state index contributed by atoms with van der Waals surface area (Å²) in [5.41, 5.74) is -1.17. The lowest BCUT2D eigenvalue weighted by Crippen LogP contribution is -2.71. The number of aliphatic carboxylic acids is 1. The summed E-state index contributed by atoms with van der Waals surface area (Å²) in [4.78, 5) is 91.0. The molecule has 1 fully saturated rings. The van der Waals surface area contributed by atoms with E-state index in [0.29, 0.717) is 10.7 Å². The van der Waals surface area contributed by atoms with Gasteiger partial charge in [0.25, 0.3) is 11.8 Å². The molecular weight excluding hydrogens is 739 g/mol. The van der Waals surface area contributed by atoms with Crippen molar-refractivity contribution >= 4 is 70.1 Å². The largest absolute Gasteiger partial charge is 0.508 e. The number of carboxylic acid groups (broad SMARTS) is 1. The Morgan fingerprint density at radius 2 is 1.75 bits per heavy atom. The Bertz CT molecular complexity index is 2290. The van der Waals surface area contributed by atoms with Crippen molar-refractivity contribution in [2.45, 2.75) is 36.5 Å². The smallest absolute Gasteiger partial charge is 0.352 e. The van der Waals surface area contributed by atoms with E-state index in [4.69, 9.17) is 13.9 Å². The molecule has 4 aromatic rings. The van der Waals surface area contributed by atoms with Crippen molar-refractivity contribution in [1.29, 1.82) is 0 Å². The number of fused-ring (bicyclic) bond motifs is 2. The van der Waals surface area contributed by atoms with Gasteiger partial charge in [0.2, 0.25) is 16.5 Å². The third-order valence-electron chi connectivity index (χ3n) is 7.86. The minimum atomic E-state index is -1.53. The molecule has 53 heavy (non-hydrogen) atoms. The number of thioether (sulfide) groups is 2. The predicted molar refractivity (Wildman–Crippen MR) is 183 cm³/mol. The molecule has 4 N–H and O–H groups in total. The minimum Gasteiger partial charge on any atom is -0.508 e. The standard InChI is InChI=1S/C32H27N7O12S2/c1-13(40)50-21-8-18-20(9-22(21)51-14(2)41)49-10-19(26(18)43)27(44)33-23(15-4-6-17(42)7-5-15)28(45)34-24-29(46)39-25(31(47)48)16(11-52-30(24)39)12-53-32-35-36-37-38(32)3/h4-10,23-24,30,42H,11-12H2,1-3H3,(H,33,44)(H,34,45)(H,47,48)/t23?,24-,30+/m1/s1. The molecule has 0 bridgehead atoms. The molecule has 1 saturated heterocycles. The minimum absolute atomic E-state index is 0.119. The van der Waals surface area contributed by atoms with E-state index in [0.717, 1.165) is 37.1 Å². The van der Waals surface area contributed by atoms with Gasteiger partial charge in [0.05, 0.1) is 5.39 Å². The van der Waals surface area contributed by atoms with Crippen LogP contribution in [0.3, 0.4) is 0 Å². The molecule has 3 atom stereocenters. The normalized spacial score (nSPS) is 17.0. The van der Waals surface area contributed by atoms with E-state index in [9.17, 15) is 43.8 Å². The van der Waals surface area contributed by atoms with Crippen molar-refractivity contribution in [1.82, 2.24) is 35.7 Å². The Balaban J connectivity index is 1.24. The van der Waals surface area contributed by atoms with Crippen LogP contribution in [-0.4, -0.2) is 93.9 Å². The SMILES string of the molecule is CC(=O)Oc1cc2occ(C(=O)NC(C(=O)N[C@@H]3C(=O)N4C(C(=O)O)=C(CSc5nnnn5C)CS[C@@H]34)c3ccc(O)cc3)c(=O)c2cc1OC(C)=O. The number of hydrogen-bond acceptors (Lipinski definition) is 16. The molecule has 19 nitrogen and oxygen atoms in total. The highest BCUT2D eigenvalue weighted by Crippen LogP contribution is 2.42. The van der Waals surface area contributed by atoms with Crippen molar-refractivity contribution in [3.8, 4) is 17.2 Å². The Morgan fingerprint density at radius 1 is 1.08 bits per heavy atom. The first kappa shape index (κ1) is 36.6. The number of carbonyl (C=O) groups excluding carboxylic acids is 5. The zero-order valence-electron chi connectivity index (χ0n) is 27.7. The second-order valence-electron chi connectivity index (χ2n) is 11.5. The average molecular weight is 766 g/mol. The van der Waals surface area contributed by atoms with Gasteiger partial charge in [-0.1, -0.05) is 23.9 Å². The lowest BCUT2D eigenvalue weighted by atomic mass is 10.0. The third kappa shape index (κ3) is 7.42. The maximum absolute atomic E-state index is 13.8. The first-order valence-corrected chi connectivity index (χ1v) is 17.4. The molecule has 0 radical (unpaired) electrons. The number of tetrazole rings is 1. The molecular formula is C32H27N7O12S2. The van der Waals surface area contributed by atoms with Crippen molar-refractivity contribution in [3.63, 3.8) is 0 Å². The summed E-state index contributed by atoms with van der Waals surface area (Å²) in [6, 6.07) is 4.70. The number of nitrogens with one attached hydrogen (secondary N) is 2. The number of rotatable bonds is 11. The van der Waals surface area contributed by atoms with Gasteiger partial charge < -0.3 is 34.7 Å². The van der Waals surface area contributed by atoms with E-state index in [1.54, 1.807) is 7.05 Å². The average Bonchev–Trinajstić information content (AvgIpc) is 3.52. The number of hydrogen-bond donors (Lipinski definition) is 4. The fourth-order valence-electron chi connectivity index (χ4n) is 5.47. The van der Waals surface area contributed by atoms with E-state index in [-0.39, 0.29) is 51.0 Å². The van der Waals surface area contributed by atoms with Gasteiger partial charge in [-0.25, -0.2) is 9.48 Å². The summed E-state index contributed by atoms with van der Waals surface area (Å²) in [5.74, 6) is -5.76. The van der Waals surface area contributed by atoms with Crippen LogP contribution in [0.15, 0.2) is 68.3 Å². The first-order chi connectivity index (χ1) is 25.2. The summed E-state index contributed by atoms with van der Waals surface area (Å²) in [5, 5.41) is 35.6. The zero-order chi connectivity index (χ0) is 38.1. The van der Waals surface area contributed by atoms with Gasteiger partial charge in [0.15, 0.2) is 11.5 Å². The molecule has 1 unspecified atom stereocenters. The molecule has 2 aromatic carbocycles. The number of phenols is 1. The monoisotopic (exact) mass is 765 g/mol. The number of ether oxygens (including phenoxy) is 2. The van der Waals surface area contributed by atoms with Gasteiger partial charge in [0, 0.05) is 38.5 Å². The van der Waals surface area contributed by atoms with Crippen LogP contribution >= 0.6 is 23.5 Å². The summed E-state index contributed by atoms with van der Waals surface area (Å²) in [6.45, 7) is 2.20. The molecule has 21 heteroatoms. The van der Waals surface area contributed by atoms with Crippen LogP contribution in [0.5, 0.6) is 17.2 Å². The van der Waals surface area contributed by atoms with E-state index in [1.165, 1.54) is 52.5 Å². The highest BCUT2D eigenvalue weighted by atomic mass is 32.2. The summed E-state index contributed by atoms with van der Waals surface area (Å²) in [6.07, 6.45) is 0.831. The van der Waals surface area contributed by atoms with Crippen LogP contribution in [0.2, 0.25) is 0 Å². The van der Waals surface area contributed by atoms with Gasteiger partial charge in [0.1, 0.15) is 46.3 Å². The molecule has 2 aliphatic heterocycles. The maximum Gasteiger partial charge on any atom is 0.352 e. The number of benzene rings is 2. The van der Waals surface area contributed by atoms with Crippen LogP contribution < -0.4 is 25.5 Å². The maximum atomic E-state index is 13.8. The molecule has 3 amide bonds. The van der Waals surface area contributed by atoms with E-state index >= 15 is 0 Å². The van der Waals surface area contributed by atoms with Crippen LogP contribution in [-0.2, 0) is 31.0 Å². The number of aromatic nitrogens is 4. The molecule has 4 heterocycles. The van der Waals surface area contributed by atoms with Gasteiger partial charge in [-0.15, -0.1) is 16.9 Å². The van der Waals surface area contributed by atoms with Gasteiger partial charge in [-0.05, 0) is 39.8 Å². The number of amides is 3. The van der Waals surface area contributed by atoms with E-state index in [1.807, 2.05) is 0 Å². The van der Waals surface area contributed by atoms with Crippen LogP contribution in [0.1, 0.15) is 35.8 Å². The molecule has 2 aliphatic rings. The molecule has 0 saturated carbocycles. The Morgan fingerprint density at radius 3 is 2.38 bits per heavy atom. The number of phenolic OH excluding ortho intramolecular Hbond substituents is 1. The van der Waals surface area contributed by atoms with Crippen LogP contribution in [0, 0.1) is 0 Å². The topological polar surface area (TPSA) is 262 Å². The second-order valence-corrected chi connectivity index (χ2v) is 13.5. The van der Waals surface area contributed by atoms with Gasteiger partial charge in [-0.2, -0.15) is 0 Å². The van der Waals surface area contributed by atoms with Crippen molar-refractivity contribution < 1.29 is 52.9 Å². The van der Waals surface area contributed by atoms with Crippen molar-refractivity contribution in [2.75, 3.05) is 11.5 Å². The van der Waals surface area contributed by atoms with E-state index in [2.05, 4.69) is 26.2 Å². The first-order valence-electron chi connectivity index (χ1n) is 15.3. The molecule has 0 aliphatic carbocycles. The fraction of sp³-hybridized carbons (Fsp3) is 0.250. The molecule has 274 valence electrons. The second kappa shape index (κ2) is 14.8. The van der Waals surface area contributed by atoms with Gasteiger partial charge >= 0.3 is 17.9 Å². The van der Waals surface area contributed by atoms with Crippen molar-refractivity contribution in [3.05, 3.63) is 75.3 Å². The zero-order valence-corrected chi connectivity index (χ0v) is 29.4. The van der Waals surface area contributed by atoms with E-state index < -0.39 is 64.1 Å².